The molecule has 0 fully saturated rings. The number of nitrogens with zero attached hydrogens (tertiary/aromatic N) is 2. The van der Waals surface area contributed by atoms with Gasteiger partial charge in [-0.25, -0.2) is 0 Å². The van der Waals surface area contributed by atoms with Crippen LogP contribution in [0, 0.1) is 0 Å². The summed E-state index contributed by atoms with van der Waals surface area (Å²) in [6, 6.07) is 27.7. The zero-order valence-corrected chi connectivity index (χ0v) is 31.5. The maximum absolute atomic E-state index is 7.34. The van der Waals surface area contributed by atoms with Crippen molar-refractivity contribution in [3.8, 4) is 0 Å². The number of hydrogen-bond donors (Lipinski definition) is 0. The van der Waals surface area contributed by atoms with Gasteiger partial charge in [-0.15, -0.1) is 0 Å². The Morgan fingerprint density at radius 3 is 2.08 bits per heavy atom. The van der Waals surface area contributed by atoms with E-state index in [0.29, 0.717) is 12.1 Å². The quantitative estimate of drug-likeness (QED) is 0.178. The van der Waals surface area contributed by atoms with Gasteiger partial charge in [-0.2, -0.15) is 4.58 Å². The summed E-state index contributed by atoms with van der Waals surface area (Å²) in [6.07, 6.45) is 14.7. The zero-order chi connectivity index (χ0) is 34.7. The number of allylic oxidation sites excluding steroid dienone is 8. The minimum Gasteiger partial charge on any atom is -0.341 e. The first-order valence-electron chi connectivity index (χ1n) is 18.5. The molecule has 49 heavy (non-hydrogen) atoms. The molecule has 0 saturated heterocycles. The molecule has 3 aliphatic rings. The Balaban J connectivity index is 1.28. The van der Waals surface area contributed by atoms with Crippen molar-refractivity contribution >= 4 is 50.2 Å². The Morgan fingerprint density at radius 1 is 0.755 bits per heavy atom. The van der Waals surface area contributed by atoms with Gasteiger partial charge >= 0.3 is 0 Å². The highest BCUT2D eigenvalue weighted by atomic mass is 35.5. The second-order valence-electron chi connectivity index (χ2n) is 15.5. The molecule has 0 saturated carbocycles. The molecule has 252 valence electrons. The molecular weight excluding hydrogens is 616 g/mol. The molecule has 4 aromatic carbocycles. The monoisotopic (exact) mass is 667 g/mol. The van der Waals surface area contributed by atoms with Crippen LogP contribution in [0.25, 0.3) is 21.5 Å². The molecule has 2 atom stereocenters. The lowest BCUT2D eigenvalue weighted by molar-refractivity contribution is -0.478. The molecule has 0 spiro atoms. The van der Waals surface area contributed by atoms with Gasteiger partial charge in [0.15, 0.2) is 11.8 Å². The topological polar surface area (TPSA) is 6.25 Å². The van der Waals surface area contributed by atoms with Crippen LogP contribution >= 0.6 is 11.6 Å². The second kappa shape index (κ2) is 12.8. The van der Waals surface area contributed by atoms with E-state index in [0.717, 1.165) is 37.1 Å². The molecule has 2 unspecified atom stereocenters. The third kappa shape index (κ3) is 5.42. The molecule has 4 aromatic rings. The van der Waals surface area contributed by atoms with Gasteiger partial charge in [-0.1, -0.05) is 106 Å². The van der Waals surface area contributed by atoms with Gasteiger partial charge in [-0.05, 0) is 110 Å². The maximum atomic E-state index is 7.34. The third-order valence-electron chi connectivity index (χ3n) is 11.8. The third-order valence-corrected chi connectivity index (χ3v) is 12.3. The summed E-state index contributed by atoms with van der Waals surface area (Å²) >= 11 is 7.34. The summed E-state index contributed by atoms with van der Waals surface area (Å²) in [6.45, 7) is 18.8. The van der Waals surface area contributed by atoms with Crippen molar-refractivity contribution in [2.45, 2.75) is 110 Å². The average Bonchev–Trinajstić information content (AvgIpc) is 3.48. The average molecular weight is 668 g/mol. The Hall–Kier alpha value is -3.88. The van der Waals surface area contributed by atoms with Gasteiger partial charge < -0.3 is 4.90 Å². The normalized spacial score (nSPS) is 21.4. The van der Waals surface area contributed by atoms with Crippen LogP contribution in [-0.4, -0.2) is 22.4 Å². The van der Waals surface area contributed by atoms with E-state index in [1.54, 1.807) is 0 Å². The highest BCUT2D eigenvalue weighted by Gasteiger charge is 2.47. The zero-order valence-electron chi connectivity index (χ0n) is 30.7. The lowest BCUT2D eigenvalue weighted by Crippen LogP contribution is -2.33. The molecule has 1 aliphatic carbocycles. The van der Waals surface area contributed by atoms with Crippen LogP contribution in [0.2, 0.25) is 0 Å². The lowest BCUT2D eigenvalue weighted by Gasteiger charge is -2.31. The standard InChI is InChI=1S/C46H52ClN2/c1-9-30(3)48-38-26-22-32-16-11-13-20-36(32)42(38)45(5,6)40(48)28-24-34-18-15-19-35(44(34)47)25-29-41-46(7,8)43-37-21-14-12-17-33(37)23-27-39(43)49(41)31(4)10-2/h11-14,16-17,20-31H,9-10,15,18-19H2,1-8H3/q+1. The summed E-state index contributed by atoms with van der Waals surface area (Å²) in [7, 11) is 0. The van der Waals surface area contributed by atoms with E-state index in [1.807, 2.05) is 0 Å². The molecule has 0 bridgehead atoms. The molecule has 2 aliphatic heterocycles. The van der Waals surface area contributed by atoms with Crippen LogP contribution in [-0.2, 0) is 10.8 Å². The number of hydrogen-bond acceptors (Lipinski definition) is 1. The van der Waals surface area contributed by atoms with Crippen molar-refractivity contribution < 1.29 is 4.58 Å². The van der Waals surface area contributed by atoms with E-state index in [9.17, 15) is 0 Å². The molecule has 0 aromatic heterocycles. The second-order valence-corrected chi connectivity index (χ2v) is 15.9. The van der Waals surface area contributed by atoms with Crippen LogP contribution in [0.15, 0.2) is 119 Å². The molecule has 0 N–H and O–H groups in total. The summed E-state index contributed by atoms with van der Waals surface area (Å²) in [5, 5.41) is 6.23. The SMILES string of the molecule is CCC(C)N1/C(=C/C=C2\CCCC(/C=C/C3=[N+](C(C)CC)c4ccc5ccccc5c4C3(C)C)=C2Cl)C(C)(C)c2c1ccc1ccccc21. The molecule has 0 amide bonds. The number of benzene rings is 4. The highest BCUT2D eigenvalue weighted by molar-refractivity contribution is 6.32. The fraction of sp³-hybridized carbons (Fsp3) is 0.370. The van der Waals surface area contributed by atoms with Crippen molar-refractivity contribution in [3.63, 3.8) is 0 Å². The van der Waals surface area contributed by atoms with Gasteiger partial charge in [0.05, 0.1) is 5.41 Å². The molecule has 7 rings (SSSR count). The van der Waals surface area contributed by atoms with E-state index in [2.05, 4.69) is 162 Å². The number of anilines is 1. The van der Waals surface area contributed by atoms with Crippen molar-refractivity contribution in [3.05, 3.63) is 130 Å². The summed E-state index contributed by atoms with van der Waals surface area (Å²) in [4.78, 5) is 2.59. The number of halogens is 1. The van der Waals surface area contributed by atoms with Crippen molar-refractivity contribution in [2.75, 3.05) is 4.90 Å². The van der Waals surface area contributed by atoms with Crippen molar-refractivity contribution in [2.24, 2.45) is 0 Å². The van der Waals surface area contributed by atoms with E-state index < -0.39 is 0 Å². The van der Waals surface area contributed by atoms with Crippen molar-refractivity contribution in [1.82, 2.24) is 0 Å². The van der Waals surface area contributed by atoms with Crippen molar-refractivity contribution in [1.29, 1.82) is 0 Å². The summed E-state index contributed by atoms with van der Waals surface area (Å²) < 4.78 is 2.59. The fourth-order valence-corrected chi connectivity index (χ4v) is 9.13. The predicted molar refractivity (Wildman–Crippen MR) is 213 cm³/mol. The molecule has 3 heteroatoms. The Kier molecular flexibility index (Phi) is 8.77. The van der Waals surface area contributed by atoms with E-state index in [1.165, 1.54) is 66.6 Å². The van der Waals surface area contributed by atoms with Crippen LogP contribution in [0.5, 0.6) is 0 Å². The summed E-state index contributed by atoms with van der Waals surface area (Å²) in [5.74, 6) is 0. The smallest absolute Gasteiger partial charge is 0.210 e. The van der Waals surface area contributed by atoms with Gasteiger partial charge in [0, 0.05) is 52.0 Å². The number of fused-ring (bicyclic) bond motifs is 6. The van der Waals surface area contributed by atoms with Gasteiger partial charge in [0.25, 0.3) is 0 Å². The van der Waals surface area contributed by atoms with Crippen LogP contribution in [0.3, 0.4) is 0 Å². The van der Waals surface area contributed by atoms with E-state index >= 15 is 0 Å². The van der Waals surface area contributed by atoms with E-state index in [-0.39, 0.29) is 10.8 Å². The predicted octanol–water partition coefficient (Wildman–Crippen LogP) is 12.8. The fourth-order valence-electron chi connectivity index (χ4n) is 8.81. The summed E-state index contributed by atoms with van der Waals surface area (Å²) in [5.41, 5.74) is 10.5. The van der Waals surface area contributed by atoms with Crippen LogP contribution < -0.4 is 4.90 Å². The first-order chi connectivity index (χ1) is 23.5. The molecule has 2 nitrogen and oxygen atoms in total. The first kappa shape index (κ1) is 33.6. The maximum Gasteiger partial charge on any atom is 0.210 e. The highest BCUT2D eigenvalue weighted by Crippen LogP contribution is 2.52. The number of rotatable bonds is 7. The Morgan fingerprint density at radius 2 is 1.41 bits per heavy atom. The minimum atomic E-state index is -0.131. The largest absolute Gasteiger partial charge is 0.341 e. The molecular formula is C46H52ClN2+. The van der Waals surface area contributed by atoms with Gasteiger partial charge in [0.2, 0.25) is 5.69 Å². The van der Waals surface area contributed by atoms with Gasteiger partial charge in [-0.3, -0.25) is 0 Å². The van der Waals surface area contributed by atoms with Crippen LogP contribution in [0.4, 0.5) is 11.4 Å². The minimum absolute atomic E-state index is 0.131. The van der Waals surface area contributed by atoms with Gasteiger partial charge in [0.1, 0.15) is 0 Å². The van der Waals surface area contributed by atoms with E-state index in [4.69, 9.17) is 11.6 Å². The molecule has 0 radical (unpaired) electrons. The molecule has 2 heterocycles. The van der Waals surface area contributed by atoms with Crippen LogP contribution in [0.1, 0.15) is 98.6 Å². The Labute approximate surface area is 299 Å². The Bertz CT molecular complexity index is 2120. The first-order valence-corrected chi connectivity index (χ1v) is 18.9. The lowest BCUT2D eigenvalue weighted by atomic mass is 9.78.